The molecule has 2 unspecified atom stereocenters. The Balaban J connectivity index is 2.56. The lowest BCUT2D eigenvalue weighted by Crippen LogP contribution is -2.14. The van der Waals surface area contributed by atoms with Crippen molar-refractivity contribution < 1.29 is 14.2 Å². The maximum atomic E-state index is 13.8. The van der Waals surface area contributed by atoms with E-state index >= 15 is 0 Å². The van der Waals surface area contributed by atoms with Crippen LogP contribution in [0.5, 0.6) is 5.75 Å². The zero-order chi connectivity index (χ0) is 11.0. The van der Waals surface area contributed by atoms with Gasteiger partial charge in [-0.25, -0.2) is 4.39 Å². The lowest BCUT2D eigenvalue weighted by molar-refractivity contribution is 0.150. The van der Waals surface area contributed by atoms with Crippen LogP contribution in [-0.2, 0) is 0 Å². The third-order valence-corrected chi connectivity index (χ3v) is 3.10. The molecule has 2 atom stereocenters. The van der Waals surface area contributed by atoms with Crippen molar-refractivity contribution >= 4 is 0 Å². The highest BCUT2D eigenvalue weighted by Gasteiger charge is 2.26. The zero-order valence-electron chi connectivity index (χ0n) is 8.96. The average molecular weight is 210 g/mol. The van der Waals surface area contributed by atoms with E-state index < -0.39 is 6.10 Å². The maximum absolute atomic E-state index is 13.8. The van der Waals surface area contributed by atoms with Gasteiger partial charge in [-0.05, 0) is 36.0 Å². The Kier molecular flexibility index (Phi) is 2.65. The molecule has 0 radical (unpaired) electrons. The number of halogens is 1. The normalized spacial score (nSPS) is 24.8. The lowest BCUT2D eigenvalue weighted by Gasteiger charge is -2.27. The predicted molar refractivity (Wildman–Crippen MR) is 55.6 cm³/mol. The fraction of sp³-hybridized carbons (Fsp3) is 0.500. The van der Waals surface area contributed by atoms with E-state index in [1.807, 2.05) is 6.92 Å². The standard InChI is InChI=1S/C12H15FO2/c1-7-3-4-11(14)9-5-8(15-2)6-10(13)12(7)9/h5-7,11,14H,3-4H2,1-2H3. The summed E-state index contributed by atoms with van der Waals surface area (Å²) in [5, 5.41) is 9.80. The van der Waals surface area contributed by atoms with Gasteiger partial charge in [-0.1, -0.05) is 6.92 Å². The quantitative estimate of drug-likeness (QED) is 0.772. The molecule has 1 aromatic rings. The van der Waals surface area contributed by atoms with E-state index in [-0.39, 0.29) is 11.7 Å². The van der Waals surface area contributed by atoms with Crippen LogP contribution < -0.4 is 4.74 Å². The highest BCUT2D eigenvalue weighted by molar-refractivity contribution is 5.41. The minimum atomic E-state index is -0.555. The van der Waals surface area contributed by atoms with Gasteiger partial charge in [-0.2, -0.15) is 0 Å². The summed E-state index contributed by atoms with van der Waals surface area (Å²) in [7, 11) is 1.50. The first-order valence-corrected chi connectivity index (χ1v) is 5.19. The van der Waals surface area contributed by atoms with Crippen LogP contribution in [0.2, 0.25) is 0 Å². The maximum Gasteiger partial charge on any atom is 0.130 e. The van der Waals surface area contributed by atoms with Crippen molar-refractivity contribution in [1.82, 2.24) is 0 Å². The Bertz CT molecular complexity index is 376. The van der Waals surface area contributed by atoms with E-state index in [0.29, 0.717) is 23.3 Å². The first-order chi connectivity index (χ1) is 7.13. The number of hydrogen-bond donors (Lipinski definition) is 1. The molecule has 82 valence electrons. The third-order valence-electron chi connectivity index (χ3n) is 3.10. The Hall–Kier alpha value is -1.09. The number of ether oxygens (including phenoxy) is 1. The van der Waals surface area contributed by atoms with Gasteiger partial charge in [-0.3, -0.25) is 0 Å². The Morgan fingerprint density at radius 3 is 2.80 bits per heavy atom. The third kappa shape index (κ3) is 1.72. The molecule has 0 saturated heterocycles. The summed E-state index contributed by atoms with van der Waals surface area (Å²) in [6.45, 7) is 1.99. The van der Waals surface area contributed by atoms with E-state index in [2.05, 4.69) is 0 Å². The van der Waals surface area contributed by atoms with E-state index in [1.165, 1.54) is 13.2 Å². The van der Waals surface area contributed by atoms with Crippen molar-refractivity contribution in [1.29, 1.82) is 0 Å². The van der Waals surface area contributed by atoms with Crippen LogP contribution in [0.25, 0.3) is 0 Å². The van der Waals surface area contributed by atoms with E-state index in [9.17, 15) is 9.50 Å². The minimum absolute atomic E-state index is 0.175. The summed E-state index contributed by atoms with van der Waals surface area (Å²) in [4.78, 5) is 0. The fourth-order valence-electron chi connectivity index (χ4n) is 2.23. The number of methoxy groups -OCH3 is 1. The van der Waals surface area contributed by atoms with Crippen molar-refractivity contribution in [3.8, 4) is 5.75 Å². The van der Waals surface area contributed by atoms with Gasteiger partial charge < -0.3 is 9.84 Å². The lowest BCUT2D eigenvalue weighted by atomic mass is 9.82. The van der Waals surface area contributed by atoms with Gasteiger partial charge in [0.05, 0.1) is 13.2 Å². The minimum Gasteiger partial charge on any atom is -0.497 e. The number of hydrogen-bond acceptors (Lipinski definition) is 2. The van der Waals surface area contributed by atoms with Gasteiger partial charge in [0.2, 0.25) is 0 Å². The number of fused-ring (bicyclic) bond motifs is 1. The number of benzene rings is 1. The molecule has 2 nitrogen and oxygen atoms in total. The molecule has 1 aliphatic rings. The van der Waals surface area contributed by atoms with Crippen LogP contribution in [-0.4, -0.2) is 12.2 Å². The molecular formula is C12H15FO2. The highest BCUT2D eigenvalue weighted by atomic mass is 19.1. The van der Waals surface area contributed by atoms with Crippen molar-refractivity contribution in [2.24, 2.45) is 0 Å². The average Bonchev–Trinajstić information content (AvgIpc) is 2.23. The molecule has 1 N–H and O–H groups in total. The smallest absolute Gasteiger partial charge is 0.130 e. The van der Waals surface area contributed by atoms with Gasteiger partial charge in [-0.15, -0.1) is 0 Å². The summed E-state index contributed by atoms with van der Waals surface area (Å²) >= 11 is 0. The molecule has 3 heteroatoms. The second-order valence-electron chi connectivity index (χ2n) is 4.11. The molecule has 0 amide bonds. The van der Waals surface area contributed by atoms with Gasteiger partial charge in [0, 0.05) is 6.07 Å². The van der Waals surface area contributed by atoms with Crippen LogP contribution in [0.15, 0.2) is 12.1 Å². The first-order valence-electron chi connectivity index (χ1n) is 5.19. The van der Waals surface area contributed by atoms with Crippen LogP contribution in [0, 0.1) is 5.82 Å². The molecule has 0 heterocycles. The molecule has 2 rings (SSSR count). The Labute approximate surface area is 88.7 Å². The van der Waals surface area contributed by atoms with Gasteiger partial charge >= 0.3 is 0 Å². The molecule has 0 saturated carbocycles. The molecule has 0 aromatic heterocycles. The molecule has 0 aliphatic heterocycles. The molecular weight excluding hydrogens is 195 g/mol. The molecule has 0 bridgehead atoms. The Morgan fingerprint density at radius 1 is 1.40 bits per heavy atom. The highest BCUT2D eigenvalue weighted by Crippen LogP contribution is 2.40. The van der Waals surface area contributed by atoms with Crippen molar-refractivity contribution in [3.63, 3.8) is 0 Å². The number of rotatable bonds is 1. The molecule has 0 spiro atoms. The predicted octanol–water partition coefficient (Wildman–Crippen LogP) is 2.77. The molecule has 1 aromatic carbocycles. The molecule has 0 fully saturated rings. The van der Waals surface area contributed by atoms with Crippen LogP contribution in [0.3, 0.4) is 0 Å². The van der Waals surface area contributed by atoms with Crippen LogP contribution in [0.1, 0.15) is 42.9 Å². The number of aliphatic hydroxyl groups excluding tert-OH is 1. The number of aliphatic hydroxyl groups is 1. The Morgan fingerprint density at radius 2 is 2.13 bits per heavy atom. The second kappa shape index (κ2) is 3.81. The topological polar surface area (TPSA) is 29.5 Å². The van der Waals surface area contributed by atoms with Crippen LogP contribution >= 0.6 is 0 Å². The van der Waals surface area contributed by atoms with Gasteiger partial charge in [0.1, 0.15) is 11.6 Å². The van der Waals surface area contributed by atoms with E-state index in [0.717, 1.165) is 6.42 Å². The molecule has 15 heavy (non-hydrogen) atoms. The van der Waals surface area contributed by atoms with Gasteiger partial charge in [0.15, 0.2) is 0 Å². The van der Waals surface area contributed by atoms with E-state index in [1.54, 1.807) is 6.07 Å². The summed E-state index contributed by atoms with van der Waals surface area (Å²) in [5.41, 5.74) is 1.33. The van der Waals surface area contributed by atoms with Crippen molar-refractivity contribution in [2.45, 2.75) is 31.8 Å². The zero-order valence-corrected chi connectivity index (χ0v) is 8.96. The van der Waals surface area contributed by atoms with Gasteiger partial charge in [0.25, 0.3) is 0 Å². The largest absolute Gasteiger partial charge is 0.497 e. The first kappa shape index (κ1) is 10.4. The van der Waals surface area contributed by atoms with Crippen LogP contribution in [0.4, 0.5) is 4.39 Å². The fourth-order valence-corrected chi connectivity index (χ4v) is 2.23. The van der Waals surface area contributed by atoms with E-state index in [4.69, 9.17) is 4.74 Å². The summed E-state index contributed by atoms with van der Waals surface area (Å²) in [5.74, 6) is 0.379. The SMILES string of the molecule is COc1cc(F)c2c(c1)C(O)CCC2C. The van der Waals surface area contributed by atoms with Crippen molar-refractivity contribution in [3.05, 3.63) is 29.1 Å². The monoisotopic (exact) mass is 210 g/mol. The summed E-state index contributed by atoms with van der Waals surface area (Å²) in [6.07, 6.45) is 0.971. The molecule has 1 aliphatic carbocycles. The summed E-state index contributed by atoms with van der Waals surface area (Å²) in [6, 6.07) is 3.12. The second-order valence-corrected chi connectivity index (χ2v) is 4.11. The van der Waals surface area contributed by atoms with Crippen molar-refractivity contribution in [2.75, 3.05) is 7.11 Å². The summed E-state index contributed by atoms with van der Waals surface area (Å²) < 4.78 is 18.7.